The van der Waals surface area contributed by atoms with Gasteiger partial charge in [-0.2, -0.15) is 0 Å². The molecule has 0 bridgehead atoms. The minimum atomic E-state index is 0.149. The molecule has 0 amide bonds. The summed E-state index contributed by atoms with van der Waals surface area (Å²) < 4.78 is 0. The van der Waals surface area contributed by atoms with Crippen molar-refractivity contribution in [1.82, 2.24) is 0 Å². The van der Waals surface area contributed by atoms with Crippen molar-refractivity contribution in [3.63, 3.8) is 0 Å². The highest BCUT2D eigenvalue weighted by atomic mass is 16.1. The van der Waals surface area contributed by atoms with Gasteiger partial charge in [0.2, 0.25) is 0 Å². The van der Waals surface area contributed by atoms with Gasteiger partial charge in [-0.05, 0) is 11.0 Å². The van der Waals surface area contributed by atoms with Crippen molar-refractivity contribution in [2.24, 2.45) is 5.41 Å². The summed E-state index contributed by atoms with van der Waals surface area (Å²) in [5.41, 5.74) is 1.88. The maximum Gasteiger partial charge on any atom is 0.150 e. The molecule has 0 radical (unpaired) electrons. The second-order valence-electron chi connectivity index (χ2n) is 4.45. The number of rotatable bonds is 2. The van der Waals surface area contributed by atoms with E-state index in [2.05, 4.69) is 26.8 Å². The largest absolute Gasteiger partial charge is 0.298 e. The van der Waals surface area contributed by atoms with Gasteiger partial charge in [0.05, 0.1) is 0 Å². The number of carbonyl (C=O) groups excluding carboxylic acids is 1. The van der Waals surface area contributed by atoms with Gasteiger partial charge in [0, 0.05) is 5.56 Å². The molecule has 0 saturated carbocycles. The van der Waals surface area contributed by atoms with Crippen LogP contribution in [-0.2, 0) is 0 Å². The zero-order chi connectivity index (χ0) is 10.6. The molecular formula is C13H16O. The molecular weight excluding hydrogens is 172 g/mol. The molecule has 0 aliphatic rings. The van der Waals surface area contributed by atoms with Gasteiger partial charge in [0.1, 0.15) is 0 Å². The first-order valence-corrected chi connectivity index (χ1v) is 4.76. The van der Waals surface area contributed by atoms with Crippen molar-refractivity contribution in [3.05, 3.63) is 41.5 Å². The summed E-state index contributed by atoms with van der Waals surface area (Å²) >= 11 is 0. The van der Waals surface area contributed by atoms with E-state index in [1.807, 2.05) is 30.3 Å². The first-order valence-electron chi connectivity index (χ1n) is 4.76. The Morgan fingerprint density at radius 3 is 2.14 bits per heavy atom. The average Bonchev–Trinajstić information content (AvgIpc) is 2.14. The van der Waals surface area contributed by atoms with Crippen LogP contribution in [0.4, 0.5) is 0 Å². The summed E-state index contributed by atoms with van der Waals surface area (Å²) in [6.07, 6.45) is 5.00. The summed E-state index contributed by atoms with van der Waals surface area (Å²) in [5, 5.41) is 0. The quantitative estimate of drug-likeness (QED) is 0.648. The molecule has 14 heavy (non-hydrogen) atoms. The van der Waals surface area contributed by atoms with Crippen LogP contribution in [0.1, 0.15) is 36.7 Å². The number of hydrogen-bond acceptors (Lipinski definition) is 1. The van der Waals surface area contributed by atoms with Crippen molar-refractivity contribution in [2.45, 2.75) is 20.8 Å². The van der Waals surface area contributed by atoms with Crippen LogP contribution >= 0.6 is 0 Å². The molecule has 0 saturated heterocycles. The Kier molecular flexibility index (Phi) is 3.23. The summed E-state index contributed by atoms with van der Waals surface area (Å²) in [4.78, 5) is 10.7. The number of benzene rings is 1. The van der Waals surface area contributed by atoms with Crippen molar-refractivity contribution in [3.8, 4) is 0 Å². The molecule has 0 aromatic heterocycles. The SMILES string of the molecule is CC(C)(C)/C=C/c1ccccc1C=O. The van der Waals surface area contributed by atoms with E-state index in [4.69, 9.17) is 0 Å². The van der Waals surface area contributed by atoms with Crippen LogP contribution in [0, 0.1) is 5.41 Å². The van der Waals surface area contributed by atoms with Crippen molar-refractivity contribution in [2.75, 3.05) is 0 Å². The van der Waals surface area contributed by atoms with E-state index in [-0.39, 0.29) is 5.41 Å². The smallest absolute Gasteiger partial charge is 0.150 e. The first kappa shape index (κ1) is 10.7. The van der Waals surface area contributed by atoms with Crippen molar-refractivity contribution < 1.29 is 4.79 Å². The minimum absolute atomic E-state index is 0.149. The van der Waals surface area contributed by atoms with E-state index < -0.39 is 0 Å². The molecule has 1 aromatic carbocycles. The van der Waals surface area contributed by atoms with E-state index >= 15 is 0 Å². The lowest BCUT2D eigenvalue weighted by atomic mass is 9.94. The van der Waals surface area contributed by atoms with E-state index in [0.29, 0.717) is 0 Å². The Bertz CT molecular complexity index is 342. The van der Waals surface area contributed by atoms with Crippen LogP contribution in [0.25, 0.3) is 6.08 Å². The highest BCUT2D eigenvalue weighted by Crippen LogP contribution is 2.18. The van der Waals surface area contributed by atoms with Gasteiger partial charge in [-0.15, -0.1) is 0 Å². The third kappa shape index (κ3) is 3.17. The Balaban J connectivity index is 2.97. The molecule has 1 rings (SSSR count). The van der Waals surface area contributed by atoms with Crippen LogP contribution in [0.15, 0.2) is 30.3 Å². The predicted molar refractivity (Wildman–Crippen MR) is 60.3 cm³/mol. The molecule has 1 heteroatoms. The second kappa shape index (κ2) is 4.23. The predicted octanol–water partition coefficient (Wildman–Crippen LogP) is 3.56. The highest BCUT2D eigenvalue weighted by Gasteiger charge is 2.04. The fourth-order valence-corrected chi connectivity index (χ4v) is 1.11. The Morgan fingerprint density at radius 1 is 1.07 bits per heavy atom. The summed E-state index contributed by atoms with van der Waals surface area (Å²) in [7, 11) is 0. The van der Waals surface area contributed by atoms with E-state index in [1.165, 1.54) is 0 Å². The van der Waals surface area contributed by atoms with Gasteiger partial charge in [-0.1, -0.05) is 57.2 Å². The number of hydrogen-bond donors (Lipinski definition) is 0. The van der Waals surface area contributed by atoms with E-state index in [9.17, 15) is 4.79 Å². The molecule has 0 fully saturated rings. The molecule has 0 unspecified atom stereocenters. The Labute approximate surface area is 85.5 Å². The summed E-state index contributed by atoms with van der Waals surface area (Å²) in [5.74, 6) is 0. The zero-order valence-electron chi connectivity index (χ0n) is 8.95. The van der Waals surface area contributed by atoms with Crippen LogP contribution in [0.3, 0.4) is 0 Å². The third-order valence-electron chi connectivity index (χ3n) is 1.89. The number of aldehydes is 1. The first-order chi connectivity index (χ1) is 6.53. The monoisotopic (exact) mass is 188 g/mol. The lowest BCUT2D eigenvalue weighted by molar-refractivity contribution is 0.112. The summed E-state index contributed by atoms with van der Waals surface area (Å²) in [6.45, 7) is 6.40. The fraction of sp³-hybridized carbons (Fsp3) is 0.308. The second-order valence-corrected chi connectivity index (χ2v) is 4.45. The summed E-state index contributed by atoms with van der Waals surface area (Å²) in [6, 6.07) is 7.59. The Morgan fingerprint density at radius 2 is 1.64 bits per heavy atom. The molecule has 1 aromatic rings. The molecule has 0 N–H and O–H groups in total. The fourth-order valence-electron chi connectivity index (χ4n) is 1.11. The number of carbonyl (C=O) groups is 1. The molecule has 0 atom stereocenters. The molecule has 0 spiro atoms. The van der Waals surface area contributed by atoms with Crippen LogP contribution in [-0.4, -0.2) is 6.29 Å². The van der Waals surface area contributed by atoms with Crippen LogP contribution in [0.5, 0.6) is 0 Å². The lowest BCUT2D eigenvalue weighted by Crippen LogP contribution is -1.98. The Hall–Kier alpha value is -1.37. The zero-order valence-corrected chi connectivity index (χ0v) is 8.95. The van der Waals surface area contributed by atoms with Gasteiger partial charge in [0.15, 0.2) is 6.29 Å². The van der Waals surface area contributed by atoms with Gasteiger partial charge in [-0.3, -0.25) is 4.79 Å². The van der Waals surface area contributed by atoms with Gasteiger partial charge in [0.25, 0.3) is 0 Å². The van der Waals surface area contributed by atoms with Gasteiger partial charge >= 0.3 is 0 Å². The molecule has 0 aliphatic carbocycles. The molecule has 1 nitrogen and oxygen atoms in total. The van der Waals surface area contributed by atoms with Crippen LogP contribution < -0.4 is 0 Å². The van der Waals surface area contributed by atoms with E-state index in [1.54, 1.807) is 0 Å². The van der Waals surface area contributed by atoms with Gasteiger partial charge in [-0.25, -0.2) is 0 Å². The van der Waals surface area contributed by atoms with Crippen molar-refractivity contribution in [1.29, 1.82) is 0 Å². The molecule has 0 aliphatic heterocycles. The van der Waals surface area contributed by atoms with E-state index in [0.717, 1.165) is 17.4 Å². The normalized spacial score (nSPS) is 11.9. The highest BCUT2D eigenvalue weighted by molar-refractivity contribution is 5.81. The van der Waals surface area contributed by atoms with Gasteiger partial charge < -0.3 is 0 Å². The topological polar surface area (TPSA) is 17.1 Å². The van der Waals surface area contributed by atoms with Crippen molar-refractivity contribution >= 4 is 12.4 Å². The third-order valence-corrected chi connectivity index (χ3v) is 1.89. The maximum absolute atomic E-state index is 10.7. The standard InChI is InChI=1S/C13H16O/c1-13(2,3)9-8-11-6-4-5-7-12(11)10-14/h4-10H,1-3H3/b9-8+. The number of allylic oxidation sites excluding steroid dienone is 1. The maximum atomic E-state index is 10.7. The van der Waals surface area contributed by atoms with Crippen LogP contribution in [0.2, 0.25) is 0 Å². The molecule has 0 heterocycles. The minimum Gasteiger partial charge on any atom is -0.298 e. The molecule has 74 valence electrons. The lowest BCUT2D eigenvalue weighted by Gasteiger charge is -2.11. The average molecular weight is 188 g/mol.